The third-order valence-corrected chi connectivity index (χ3v) is 5.04. The zero-order chi connectivity index (χ0) is 18.8. The molecule has 8 nitrogen and oxygen atoms in total. The highest BCUT2D eigenvalue weighted by atomic mass is 16.5. The molecule has 0 aliphatic heterocycles. The van der Waals surface area contributed by atoms with Gasteiger partial charge >= 0.3 is 0 Å². The average Bonchev–Trinajstić information content (AvgIpc) is 3.23. The fourth-order valence-corrected chi connectivity index (χ4v) is 3.53. The van der Waals surface area contributed by atoms with E-state index in [2.05, 4.69) is 20.3 Å². The number of imidazole rings is 1. The maximum Gasteiger partial charge on any atom is 0.270 e. The Hall–Kier alpha value is -3.00. The molecule has 3 N–H and O–H groups in total. The van der Waals surface area contributed by atoms with Gasteiger partial charge in [0.25, 0.3) is 5.91 Å². The molecule has 1 saturated carbocycles. The van der Waals surface area contributed by atoms with Gasteiger partial charge in [-0.15, -0.1) is 0 Å². The minimum atomic E-state index is -0.213. The monoisotopic (exact) mass is 366 g/mol. The second-order valence-corrected chi connectivity index (χ2v) is 6.77. The number of para-hydroxylation sites is 1. The molecule has 1 aliphatic carbocycles. The summed E-state index contributed by atoms with van der Waals surface area (Å²) in [6, 6.07) is 5.51. The number of nitrogen functional groups attached to an aromatic ring is 1. The predicted molar refractivity (Wildman–Crippen MR) is 102 cm³/mol. The summed E-state index contributed by atoms with van der Waals surface area (Å²) in [6.07, 6.45) is 8.91. The summed E-state index contributed by atoms with van der Waals surface area (Å²) in [5, 5.41) is 3.75. The molecule has 0 unspecified atom stereocenters. The van der Waals surface area contributed by atoms with Crippen LogP contribution in [0.4, 0.5) is 5.69 Å². The number of anilines is 1. The Morgan fingerprint density at radius 1 is 1.26 bits per heavy atom. The second-order valence-electron chi connectivity index (χ2n) is 6.77. The van der Waals surface area contributed by atoms with Crippen LogP contribution < -0.4 is 11.1 Å². The maximum absolute atomic E-state index is 13.0. The zero-order valence-electron chi connectivity index (χ0n) is 15.1. The molecule has 0 spiro atoms. The van der Waals surface area contributed by atoms with Gasteiger partial charge < -0.3 is 15.8 Å². The second kappa shape index (κ2) is 7.32. The molecule has 3 aromatic rings. The predicted octanol–water partition coefficient (Wildman–Crippen LogP) is 2.09. The number of nitrogens with two attached hydrogens (primary N) is 1. The van der Waals surface area contributed by atoms with Crippen molar-refractivity contribution in [1.29, 1.82) is 0 Å². The third kappa shape index (κ3) is 3.48. The molecule has 0 saturated heterocycles. The summed E-state index contributed by atoms with van der Waals surface area (Å²) in [5.41, 5.74) is 7.49. The van der Waals surface area contributed by atoms with Gasteiger partial charge in [0.2, 0.25) is 5.95 Å². The van der Waals surface area contributed by atoms with E-state index in [9.17, 15) is 4.79 Å². The van der Waals surface area contributed by atoms with E-state index in [0.29, 0.717) is 28.2 Å². The lowest BCUT2D eigenvalue weighted by Crippen LogP contribution is -2.39. The number of aromatic nitrogens is 4. The normalized spacial score (nSPS) is 19.9. The van der Waals surface area contributed by atoms with Crippen LogP contribution in [0.5, 0.6) is 0 Å². The van der Waals surface area contributed by atoms with E-state index in [0.717, 1.165) is 25.7 Å². The standard InChI is InChI=1S/C19H22N6O2/c1-27-13-7-5-12(6-8-13)22-18(26)17-14-3-2-4-15(20)16(14)23-19(24-17)25-10-9-21-11-25/h2-4,9-13H,5-8,20H2,1H3,(H,22,26)/t12-,13-. The van der Waals surface area contributed by atoms with Crippen LogP contribution in [0, 0.1) is 0 Å². The number of carbonyl (C=O) groups excluding carboxylic acids is 1. The first-order valence-corrected chi connectivity index (χ1v) is 9.04. The SMILES string of the molecule is CO[C@H]1CC[C@H](NC(=O)c2nc(-n3ccnc3)nc3c(N)cccc23)CC1. The fourth-order valence-electron chi connectivity index (χ4n) is 3.53. The Morgan fingerprint density at radius 3 is 2.78 bits per heavy atom. The first kappa shape index (κ1) is 17.4. The molecule has 27 heavy (non-hydrogen) atoms. The van der Waals surface area contributed by atoms with Crippen LogP contribution in [0.25, 0.3) is 16.9 Å². The molecule has 0 bridgehead atoms. The van der Waals surface area contributed by atoms with Crippen LogP contribution in [0.2, 0.25) is 0 Å². The van der Waals surface area contributed by atoms with Gasteiger partial charge in [-0.25, -0.2) is 15.0 Å². The van der Waals surface area contributed by atoms with Crippen LogP contribution in [-0.4, -0.2) is 44.7 Å². The van der Waals surface area contributed by atoms with E-state index in [1.807, 2.05) is 6.07 Å². The molecule has 4 rings (SSSR count). The van der Waals surface area contributed by atoms with Crippen LogP contribution in [0.1, 0.15) is 36.2 Å². The largest absolute Gasteiger partial charge is 0.397 e. The highest BCUT2D eigenvalue weighted by Crippen LogP contribution is 2.24. The smallest absolute Gasteiger partial charge is 0.270 e. The van der Waals surface area contributed by atoms with Crippen molar-refractivity contribution in [1.82, 2.24) is 24.8 Å². The molecule has 1 aliphatic rings. The number of benzene rings is 1. The maximum atomic E-state index is 13.0. The van der Waals surface area contributed by atoms with Crippen LogP contribution in [0.15, 0.2) is 36.9 Å². The topological polar surface area (TPSA) is 108 Å². The van der Waals surface area contributed by atoms with Gasteiger partial charge in [-0.3, -0.25) is 9.36 Å². The molecule has 0 radical (unpaired) electrons. The number of fused-ring (bicyclic) bond motifs is 1. The highest BCUT2D eigenvalue weighted by molar-refractivity contribution is 6.07. The minimum Gasteiger partial charge on any atom is -0.397 e. The number of carbonyl (C=O) groups is 1. The summed E-state index contributed by atoms with van der Waals surface area (Å²) in [6.45, 7) is 0. The Balaban J connectivity index is 1.67. The Labute approximate surface area is 156 Å². The molecule has 140 valence electrons. The number of hydrogen-bond acceptors (Lipinski definition) is 6. The molecular formula is C19H22N6O2. The summed E-state index contributed by atoms with van der Waals surface area (Å²) in [7, 11) is 1.73. The molecule has 1 aromatic carbocycles. The van der Waals surface area contributed by atoms with E-state index >= 15 is 0 Å². The molecule has 8 heteroatoms. The molecule has 0 atom stereocenters. The quantitative estimate of drug-likeness (QED) is 0.685. The van der Waals surface area contributed by atoms with Crippen LogP contribution in [-0.2, 0) is 4.74 Å². The molecule has 1 fully saturated rings. The highest BCUT2D eigenvalue weighted by Gasteiger charge is 2.24. The number of ether oxygens (including phenoxy) is 1. The van der Waals surface area contributed by atoms with Gasteiger partial charge in [-0.2, -0.15) is 0 Å². The number of nitrogens with one attached hydrogen (secondary N) is 1. The van der Waals surface area contributed by atoms with Crippen molar-refractivity contribution < 1.29 is 9.53 Å². The number of hydrogen-bond donors (Lipinski definition) is 2. The minimum absolute atomic E-state index is 0.117. The summed E-state index contributed by atoms with van der Waals surface area (Å²) in [4.78, 5) is 26.1. The van der Waals surface area contributed by atoms with Crippen molar-refractivity contribution in [3.8, 4) is 5.95 Å². The summed E-state index contributed by atoms with van der Waals surface area (Å²) in [5.74, 6) is 0.154. The van der Waals surface area contributed by atoms with Gasteiger partial charge in [-0.1, -0.05) is 12.1 Å². The van der Waals surface area contributed by atoms with Crippen molar-refractivity contribution in [3.63, 3.8) is 0 Å². The van der Waals surface area contributed by atoms with E-state index in [4.69, 9.17) is 10.5 Å². The zero-order valence-corrected chi connectivity index (χ0v) is 15.1. The van der Waals surface area contributed by atoms with Gasteiger partial charge in [-0.05, 0) is 31.7 Å². The first-order valence-electron chi connectivity index (χ1n) is 9.04. The van der Waals surface area contributed by atoms with Crippen molar-refractivity contribution in [2.45, 2.75) is 37.8 Å². The van der Waals surface area contributed by atoms with Crippen LogP contribution >= 0.6 is 0 Å². The average molecular weight is 366 g/mol. The number of methoxy groups -OCH3 is 1. The van der Waals surface area contributed by atoms with Crippen LogP contribution in [0.3, 0.4) is 0 Å². The number of amides is 1. The van der Waals surface area contributed by atoms with Crippen molar-refractivity contribution >= 4 is 22.5 Å². The fraction of sp³-hybridized carbons (Fsp3) is 0.368. The Bertz CT molecular complexity index is 948. The van der Waals surface area contributed by atoms with Gasteiger partial charge in [0.1, 0.15) is 12.0 Å². The van der Waals surface area contributed by atoms with E-state index in [1.54, 1.807) is 42.5 Å². The molecule has 2 heterocycles. The Morgan fingerprint density at radius 2 is 2.07 bits per heavy atom. The van der Waals surface area contributed by atoms with E-state index in [-0.39, 0.29) is 18.1 Å². The number of rotatable bonds is 4. The molecule has 2 aromatic heterocycles. The van der Waals surface area contributed by atoms with E-state index < -0.39 is 0 Å². The summed E-state index contributed by atoms with van der Waals surface area (Å²) < 4.78 is 7.06. The first-order chi connectivity index (χ1) is 13.2. The lowest BCUT2D eigenvalue weighted by molar-refractivity contribution is 0.0598. The summed E-state index contributed by atoms with van der Waals surface area (Å²) >= 11 is 0. The van der Waals surface area contributed by atoms with Gasteiger partial charge in [0.15, 0.2) is 0 Å². The third-order valence-electron chi connectivity index (χ3n) is 5.04. The lowest BCUT2D eigenvalue weighted by atomic mass is 9.93. The van der Waals surface area contributed by atoms with Gasteiger partial charge in [0.05, 0.1) is 17.3 Å². The van der Waals surface area contributed by atoms with Crippen molar-refractivity contribution in [3.05, 3.63) is 42.6 Å². The van der Waals surface area contributed by atoms with Crippen molar-refractivity contribution in [2.24, 2.45) is 0 Å². The number of nitrogens with zero attached hydrogens (tertiary/aromatic N) is 4. The van der Waals surface area contributed by atoms with Crippen molar-refractivity contribution in [2.75, 3.05) is 12.8 Å². The molecule has 1 amide bonds. The van der Waals surface area contributed by atoms with Gasteiger partial charge in [0, 0.05) is 30.9 Å². The lowest BCUT2D eigenvalue weighted by Gasteiger charge is -2.28. The van der Waals surface area contributed by atoms with E-state index in [1.165, 1.54) is 0 Å². The Kier molecular flexibility index (Phi) is 4.72. The molecular weight excluding hydrogens is 344 g/mol.